The van der Waals surface area contributed by atoms with Gasteiger partial charge in [-0.05, 0) is 64.6 Å². The van der Waals surface area contributed by atoms with Crippen molar-refractivity contribution in [3.8, 4) is 5.75 Å². The van der Waals surface area contributed by atoms with Gasteiger partial charge >= 0.3 is 0 Å². The molecule has 0 radical (unpaired) electrons. The average Bonchev–Trinajstić information content (AvgIpc) is 2.84. The van der Waals surface area contributed by atoms with Gasteiger partial charge in [0.05, 0.1) is 11.1 Å². The molecule has 2 aromatic rings. The Morgan fingerprint density at radius 1 is 1.35 bits per heavy atom. The standard InChI is InChI=1S/C17H24BrN3OS/c1-5-21-15(19-20-16(21)23)7-6-10-22-14-9-8-12(11-13(14)18)17(2,3)4/h8-9,11H,5-7,10H2,1-4H3,(H,20,23). The van der Waals surface area contributed by atoms with E-state index in [0.717, 1.165) is 35.4 Å². The lowest BCUT2D eigenvalue weighted by atomic mass is 9.87. The molecule has 0 atom stereocenters. The van der Waals surface area contributed by atoms with Crippen molar-refractivity contribution in [2.75, 3.05) is 6.61 Å². The molecule has 0 aliphatic rings. The molecule has 1 heterocycles. The first kappa shape index (κ1) is 18.2. The quantitative estimate of drug-likeness (QED) is 0.548. The fourth-order valence-corrected chi connectivity index (χ4v) is 3.14. The summed E-state index contributed by atoms with van der Waals surface area (Å²) < 4.78 is 9.59. The Morgan fingerprint density at radius 2 is 2.09 bits per heavy atom. The topological polar surface area (TPSA) is 42.8 Å². The molecular formula is C17H24BrN3OS. The predicted molar refractivity (Wildman–Crippen MR) is 99.7 cm³/mol. The molecule has 0 amide bonds. The summed E-state index contributed by atoms with van der Waals surface area (Å²) in [5.74, 6) is 1.87. The van der Waals surface area contributed by atoms with E-state index in [1.165, 1.54) is 5.56 Å². The van der Waals surface area contributed by atoms with E-state index in [2.05, 4.69) is 66.0 Å². The minimum absolute atomic E-state index is 0.136. The van der Waals surface area contributed by atoms with Crippen LogP contribution in [0.3, 0.4) is 0 Å². The molecule has 23 heavy (non-hydrogen) atoms. The molecule has 0 aliphatic heterocycles. The molecule has 2 rings (SSSR count). The minimum Gasteiger partial charge on any atom is -0.492 e. The molecule has 126 valence electrons. The van der Waals surface area contributed by atoms with Crippen LogP contribution in [0.15, 0.2) is 22.7 Å². The first-order valence-electron chi connectivity index (χ1n) is 7.90. The summed E-state index contributed by atoms with van der Waals surface area (Å²) in [7, 11) is 0. The number of aromatic amines is 1. The van der Waals surface area contributed by atoms with Gasteiger partial charge in [-0.1, -0.05) is 26.8 Å². The molecule has 0 spiro atoms. The summed E-state index contributed by atoms with van der Waals surface area (Å²) in [4.78, 5) is 0. The molecule has 0 fully saturated rings. The number of nitrogens with zero attached hydrogens (tertiary/aromatic N) is 2. The second kappa shape index (κ2) is 7.62. The number of halogens is 1. The Morgan fingerprint density at radius 3 is 2.70 bits per heavy atom. The number of H-pyrrole nitrogens is 1. The van der Waals surface area contributed by atoms with Crippen molar-refractivity contribution in [1.29, 1.82) is 0 Å². The predicted octanol–water partition coefficient (Wildman–Crippen LogP) is 5.03. The summed E-state index contributed by atoms with van der Waals surface area (Å²) in [5.41, 5.74) is 1.42. The largest absolute Gasteiger partial charge is 0.492 e. The number of nitrogens with one attached hydrogen (secondary N) is 1. The van der Waals surface area contributed by atoms with Crippen LogP contribution in [-0.4, -0.2) is 21.4 Å². The highest BCUT2D eigenvalue weighted by Gasteiger charge is 2.15. The average molecular weight is 398 g/mol. The first-order chi connectivity index (χ1) is 10.8. The highest BCUT2D eigenvalue weighted by Crippen LogP contribution is 2.31. The van der Waals surface area contributed by atoms with E-state index in [1.807, 2.05) is 10.6 Å². The van der Waals surface area contributed by atoms with Crippen LogP contribution in [0.5, 0.6) is 5.75 Å². The van der Waals surface area contributed by atoms with Crippen LogP contribution in [0.4, 0.5) is 0 Å². The molecule has 1 N–H and O–H groups in total. The Kier molecular flexibility index (Phi) is 6.03. The SMILES string of the molecule is CCn1c(CCCOc2ccc(C(C)(C)C)cc2Br)n[nH]c1=S. The van der Waals surface area contributed by atoms with E-state index in [9.17, 15) is 0 Å². The molecule has 6 heteroatoms. The van der Waals surface area contributed by atoms with Gasteiger partial charge < -0.3 is 9.30 Å². The Hall–Kier alpha value is -1.14. The Labute approximate surface area is 151 Å². The Bertz CT molecular complexity index is 715. The van der Waals surface area contributed by atoms with Gasteiger partial charge in [0.15, 0.2) is 4.77 Å². The summed E-state index contributed by atoms with van der Waals surface area (Å²) in [6.07, 6.45) is 1.74. The highest BCUT2D eigenvalue weighted by atomic mass is 79.9. The summed E-state index contributed by atoms with van der Waals surface area (Å²) >= 11 is 8.80. The molecule has 0 saturated heterocycles. The maximum atomic E-state index is 5.89. The van der Waals surface area contributed by atoms with E-state index in [1.54, 1.807) is 0 Å². The van der Waals surface area contributed by atoms with E-state index >= 15 is 0 Å². The van der Waals surface area contributed by atoms with Gasteiger partial charge in [-0.15, -0.1) is 0 Å². The van der Waals surface area contributed by atoms with Crippen molar-refractivity contribution in [2.45, 2.75) is 52.5 Å². The van der Waals surface area contributed by atoms with E-state index in [-0.39, 0.29) is 5.41 Å². The van der Waals surface area contributed by atoms with Gasteiger partial charge in [-0.3, -0.25) is 5.10 Å². The van der Waals surface area contributed by atoms with Crippen LogP contribution >= 0.6 is 28.1 Å². The van der Waals surface area contributed by atoms with Crippen molar-refractivity contribution >= 4 is 28.1 Å². The summed E-state index contributed by atoms with van der Waals surface area (Å²) in [6.45, 7) is 10.2. The number of aromatic nitrogens is 3. The van der Waals surface area contributed by atoms with Crippen molar-refractivity contribution in [2.24, 2.45) is 0 Å². The fraction of sp³-hybridized carbons (Fsp3) is 0.529. The van der Waals surface area contributed by atoms with Crippen LogP contribution in [0.1, 0.15) is 45.5 Å². The zero-order chi connectivity index (χ0) is 17.0. The normalized spacial score (nSPS) is 11.7. The van der Waals surface area contributed by atoms with Crippen molar-refractivity contribution in [3.63, 3.8) is 0 Å². The van der Waals surface area contributed by atoms with Crippen LogP contribution < -0.4 is 4.74 Å². The number of hydrogen-bond donors (Lipinski definition) is 1. The zero-order valence-corrected chi connectivity index (χ0v) is 16.6. The van der Waals surface area contributed by atoms with Crippen LogP contribution in [0, 0.1) is 4.77 Å². The molecule has 0 unspecified atom stereocenters. The lowest BCUT2D eigenvalue weighted by molar-refractivity contribution is 0.307. The van der Waals surface area contributed by atoms with Gasteiger partial charge in [0, 0.05) is 13.0 Å². The molecular weight excluding hydrogens is 374 g/mol. The van der Waals surface area contributed by atoms with Crippen molar-refractivity contribution in [3.05, 3.63) is 38.8 Å². The van der Waals surface area contributed by atoms with Gasteiger partial charge in [0.25, 0.3) is 0 Å². The third kappa shape index (κ3) is 4.67. The van der Waals surface area contributed by atoms with Gasteiger partial charge in [0.1, 0.15) is 11.6 Å². The van der Waals surface area contributed by atoms with Gasteiger partial charge in [0.2, 0.25) is 0 Å². The smallest absolute Gasteiger partial charge is 0.195 e. The Balaban J connectivity index is 1.90. The van der Waals surface area contributed by atoms with E-state index < -0.39 is 0 Å². The first-order valence-corrected chi connectivity index (χ1v) is 9.10. The number of aryl methyl sites for hydroxylation is 1. The molecule has 0 bridgehead atoms. The molecule has 1 aromatic carbocycles. The fourth-order valence-electron chi connectivity index (χ4n) is 2.36. The third-order valence-electron chi connectivity index (χ3n) is 3.75. The lowest BCUT2D eigenvalue weighted by Crippen LogP contribution is -2.11. The maximum Gasteiger partial charge on any atom is 0.195 e. The van der Waals surface area contributed by atoms with Crippen LogP contribution in [0.25, 0.3) is 0 Å². The second-order valence-electron chi connectivity index (χ2n) is 6.54. The molecule has 0 saturated carbocycles. The van der Waals surface area contributed by atoms with E-state index in [4.69, 9.17) is 17.0 Å². The van der Waals surface area contributed by atoms with Crippen molar-refractivity contribution in [1.82, 2.24) is 14.8 Å². The number of benzene rings is 1. The third-order valence-corrected chi connectivity index (χ3v) is 4.69. The second-order valence-corrected chi connectivity index (χ2v) is 7.78. The highest BCUT2D eigenvalue weighted by molar-refractivity contribution is 9.10. The van der Waals surface area contributed by atoms with Gasteiger partial charge in [-0.2, -0.15) is 5.10 Å². The van der Waals surface area contributed by atoms with Gasteiger partial charge in [-0.25, -0.2) is 0 Å². The molecule has 1 aromatic heterocycles. The van der Waals surface area contributed by atoms with E-state index in [0.29, 0.717) is 11.4 Å². The summed E-state index contributed by atoms with van der Waals surface area (Å²) in [5, 5.41) is 7.11. The van der Waals surface area contributed by atoms with Crippen LogP contribution in [0.2, 0.25) is 0 Å². The number of hydrogen-bond acceptors (Lipinski definition) is 3. The summed E-state index contributed by atoms with van der Waals surface area (Å²) in [6, 6.07) is 6.30. The number of rotatable bonds is 6. The monoisotopic (exact) mass is 397 g/mol. The maximum absolute atomic E-state index is 5.89. The van der Waals surface area contributed by atoms with Crippen LogP contribution in [-0.2, 0) is 18.4 Å². The lowest BCUT2D eigenvalue weighted by Gasteiger charge is -2.20. The number of ether oxygens (including phenoxy) is 1. The van der Waals surface area contributed by atoms with Crippen molar-refractivity contribution < 1.29 is 4.74 Å². The zero-order valence-electron chi connectivity index (χ0n) is 14.1. The molecule has 4 nitrogen and oxygen atoms in total. The molecule has 0 aliphatic carbocycles. The minimum atomic E-state index is 0.136.